The van der Waals surface area contributed by atoms with Gasteiger partial charge in [0.2, 0.25) is 5.88 Å². The minimum atomic E-state index is -0.460. The van der Waals surface area contributed by atoms with Crippen LogP contribution in [0.2, 0.25) is 0 Å². The zero-order valence-electron chi connectivity index (χ0n) is 14.4. The molecule has 0 saturated carbocycles. The molecule has 3 rings (SSSR count). The molecule has 0 aliphatic rings. The maximum absolute atomic E-state index is 13.8. The first kappa shape index (κ1) is 18.3. The lowest BCUT2D eigenvalue weighted by Gasteiger charge is -2.11. The van der Waals surface area contributed by atoms with Crippen molar-refractivity contribution < 1.29 is 13.5 Å². The number of benzene rings is 2. The van der Waals surface area contributed by atoms with E-state index in [-0.39, 0.29) is 23.4 Å². The van der Waals surface area contributed by atoms with Gasteiger partial charge < -0.3 is 4.74 Å². The van der Waals surface area contributed by atoms with Gasteiger partial charge in [-0.1, -0.05) is 55.9 Å². The molecule has 1 heterocycles. The minimum absolute atomic E-state index is 0.103. The summed E-state index contributed by atoms with van der Waals surface area (Å²) in [6.07, 6.45) is 0. The van der Waals surface area contributed by atoms with Gasteiger partial charge in [0.25, 0.3) is 0 Å². The molecule has 6 heteroatoms. The van der Waals surface area contributed by atoms with Gasteiger partial charge in [-0.2, -0.15) is 4.98 Å². The maximum Gasteiger partial charge on any atom is 0.223 e. The Hall–Kier alpha value is -2.47. The molecule has 0 radical (unpaired) electrons. The summed E-state index contributed by atoms with van der Waals surface area (Å²) in [5.41, 5.74) is 1.36. The lowest BCUT2D eigenvalue weighted by Crippen LogP contribution is -2.00. The Morgan fingerprint density at radius 2 is 1.65 bits per heavy atom. The highest BCUT2D eigenvalue weighted by Gasteiger charge is 2.12. The molecule has 0 saturated heterocycles. The van der Waals surface area contributed by atoms with Crippen molar-refractivity contribution in [1.29, 1.82) is 0 Å². The van der Waals surface area contributed by atoms with E-state index in [9.17, 15) is 8.78 Å². The number of ether oxygens (including phenoxy) is 1. The van der Waals surface area contributed by atoms with Crippen LogP contribution < -0.4 is 4.74 Å². The third-order valence-corrected chi connectivity index (χ3v) is 4.56. The zero-order chi connectivity index (χ0) is 18.5. The monoisotopic (exact) mass is 372 g/mol. The lowest BCUT2D eigenvalue weighted by molar-refractivity contribution is 0.420. The topological polar surface area (TPSA) is 35.0 Å². The molecule has 0 aliphatic heterocycles. The summed E-state index contributed by atoms with van der Waals surface area (Å²) >= 11 is 1.31. The molecule has 1 aromatic heterocycles. The number of hydrogen-bond donors (Lipinski definition) is 0. The number of thioether (sulfide) groups is 1. The Bertz CT molecular complexity index is 902. The zero-order valence-corrected chi connectivity index (χ0v) is 15.3. The first-order valence-electron chi connectivity index (χ1n) is 8.20. The van der Waals surface area contributed by atoms with Crippen LogP contribution in [0.3, 0.4) is 0 Å². The fourth-order valence-corrected chi connectivity index (χ4v) is 3.07. The van der Waals surface area contributed by atoms with Crippen molar-refractivity contribution in [2.24, 2.45) is 0 Å². The van der Waals surface area contributed by atoms with Crippen molar-refractivity contribution in [3.05, 3.63) is 77.5 Å². The Balaban J connectivity index is 1.84. The summed E-state index contributed by atoms with van der Waals surface area (Å²) in [4.78, 5) is 8.83. The van der Waals surface area contributed by atoms with Gasteiger partial charge in [0.15, 0.2) is 16.7 Å². The van der Waals surface area contributed by atoms with Crippen molar-refractivity contribution in [2.45, 2.75) is 30.7 Å². The van der Waals surface area contributed by atoms with Gasteiger partial charge in [-0.05, 0) is 29.7 Å². The molecule has 0 bridgehead atoms. The van der Waals surface area contributed by atoms with E-state index in [1.807, 2.05) is 13.8 Å². The average molecular weight is 372 g/mol. The van der Waals surface area contributed by atoms with Gasteiger partial charge >= 0.3 is 0 Å². The van der Waals surface area contributed by atoms with Crippen molar-refractivity contribution in [2.75, 3.05) is 0 Å². The van der Waals surface area contributed by atoms with Crippen LogP contribution in [0.5, 0.6) is 11.6 Å². The van der Waals surface area contributed by atoms with Crippen LogP contribution in [0.4, 0.5) is 8.78 Å². The van der Waals surface area contributed by atoms with E-state index in [1.54, 1.807) is 42.5 Å². The first-order chi connectivity index (χ1) is 12.5. The van der Waals surface area contributed by atoms with Crippen LogP contribution >= 0.6 is 11.8 Å². The highest BCUT2D eigenvalue weighted by molar-refractivity contribution is 7.98. The third kappa shape index (κ3) is 4.58. The molecule has 2 aromatic carbocycles. The highest BCUT2D eigenvalue weighted by atomic mass is 32.2. The van der Waals surface area contributed by atoms with Crippen molar-refractivity contribution in [3.63, 3.8) is 0 Å². The Morgan fingerprint density at radius 1 is 0.962 bits per heavy atom. The molecule has 26 heavy (non-hydrogen) atoms. The summed E-state index contributed by atoms with van der Waals surface area (Å²) < 4.78 is 33.2. The number of halogens is 2. The summed E-state index contributed by atoms with van der Waals surface area (Å²) in [6.45, 7) is 4.00. The Morgan fingerprint density at radius 3 is 2.35 bits per heavy atom. The molecule has 0 atom stereocenters. The number of rotatable bonds is 6. The molecule has 0 aliphatic carbocycles. The number of hydrogen-bond acceptors (Lipinski definition) is 4. The number of para-hydroxylation sites is 1. The third-order valence-electron chi connectivity index (χ3n) is 3.66. The second-order valence-electron chi connectivity index (χ2n) is 5.98. The fourth-order valence-electron chi connectivity index (χ4n) is 2.23. The second-order valence-corrected chi connectivity index (χ2v) is 6.92. The van der Waals surface area contributed by atoms with E-state index in [2.05, 4.69) is 9.97 Å². The smallest absolute Gasteiger partial charge is 0.223 e. The van der Waals surface area contributed by atoms with E-state index >= 15 is 0 Å². The quantitative estimate of drug-likeness (QED) is 0.395. The molecule has 0 unspecified atom stereocenters. The first-order valence-corrected chi connectivity index (χ1v) is 9.19. The van der Waals surface area contributed by atoms with Gasteiger partial charge in [-0.3, -0.25) is 0 Å². The maximum atomic E-state index is 13.8. The van der Waals surface area contributed by atoms with Crippen LogP contribution in [0.1, 0.15) is 31.0 Å². The molecule has 3 nitrogen and oxygen atoms in total. The van der Waals surface area contributed by atoms with Crippen LogP contribution in [0, 0.1) is 11.6 Å². The van der Waals surface area contributed by atoms with Crippen LogP contribution in [-0.4, -0.2) is 9.97 Å². The molecule has 134 valence electrons. The SMILES string of the molecule is CC(C)c1cc(Oc2ccccc2F)nc(SCc2ccccc2F)n1. The van der Waals surface area contributed by atoms with E-state index in [0.717, 1.165) is 5.69 Å². The van der Waals surface area contributed by atoms with E-state index in [1.165, 1.54) is 23.9 Å². The van der Waals surface area contributed by atoms with Crippen molar-refractivity contribution >= 4 is 11.8 Å². The highest BCUT2D eigenvalue weighted by Crippen LogP contribution is 2.29. The normalized spacial score (nSPS) is 11.0. The summed E-state index contributed by atoms with van der Waals surface area (Å²) in [5, 5.41) is 0.464. The summed E-state index contributed by atoms with van der Waals surface area (Å²) in [7, 11) is 0. The molecule has 0 amide bonds. The largest absolute Gasteiger partial charge is 0.436 e. The fraction of sp³-hybridized carbons (Fsp3) is 0.200. The Kier molecular flexibility index (Phi) is 5.83. The molecular weight excluding hydrogens is 354 g/mol. The Labute approximate surface area is 155 Å². The number of nitrogens with zero attached hydrogens (tertiary/aromatic N) is 2. The number of aromatic nitrogens is 2. The molecule has 3 aromatic rings. The minimum Gasteiger partial charge on any atom is -0.436 e. The van der Waals surface area contributed by atoms with Gasteiger partial charge in [0.1, 0.15) is 5.82 Å². The summed E-state index contributed by atoms with van der Waals surface area (Å²) in [5.74, 6) is 0.193. The standard InChI is InChI=1S/C20H18F2N2OS/c1-13(2)17-11-19(25-18-10-6-5-9-16(18)22)24-20(23-17)26-12-14-7-3-4-8-15(14)21/h3-11,13H,12H2,1-2H3. The van der Waals surface area contributed by atoms with Crippen LogP contribution in [-0.2, 0) is 5.75 Å². The van der Waals surface area contributed by atoms with E-state index < -0.39 is 5.82 Å². The van der Waals surface area contributed by atoms with Crippen molar-refractivity contribution in [3.8, 4) is 11.6 Å². The van der Waals surface area contributed by atoms with Gasteiger partial charge in [-0.15, -0.1) is 0 Å². The predicted molar refractivity (Wildman–Crippen MR) is 98.6 cm³/mol. The van der Waals surface area contributed by atoms with Crippen molar-refractivity contribution in [1.82, 2.24) is 9.97 Å². The second kappa shape index (κ2) is 8.27. The summed E-state index contributed by atoms with van der Waals surface area (Å²) in [6, 6.07) is 14.4. The van der Waals surface area contributed by atoms with E-state index in [4.69, 9.17) is 4.74 Å². The molecule has 0 N–H and O–H groups in total. The van der Waals surface area contributed by atoms with Gasteiger partial charge in [0, 0.05) is 11.8 Å². The lowest BCUT2D eigenvalue weighted by atomic mass is 10.1. The molecular formula is C20H18F2N2OS. The molecule has 0 spiro atoms. The van der Waals surface area contributed by atoms with Crippen LogP contribution in [0.15, 0.2) is 59.8 Å². The van der Waals surface area contributed by atoms with Crippen LogP contribution in [0.25, 0.3) is 0 Å². The van der Waals surface area contributed by atoms with E-state index in [0.29, 0.717) is 16.5 Å². The van der Waals surface area contributed by atoms with Gasteiger partial charge in [-0.25, -0.2) is 13.8 Å². The average Bonchev–Trinajstić information content (AvgIpc) is 2.63. The predicted octanol–water partition coefficient (Wildman–Crippen LogP) is 5.96. The molecule has 0 fully saturated rings. The van der Waals surface area contributed by atoms with Gasteiger partial charge in [0.05, 0.1) is 5.69 Å².